The molecular weight excluding hydrogens is 406 g/mol. The number of nitrogens with two attached hydrogens (primary N) is 2. The predicted molar refractivity (Wildman–Crippen MR) is 108 cm³/mol. The number of benzene rings is 1. The number of fused-ring (bicyclic) bond motifs is 3. The van der Waals surface area contributed by atoms with E-state index >= 15 is 0 Å². The summed E-state index contributed by atoms with van der Waals surface area (Å²) in [5.41, 5.74) is 8.76. The Kier molecular flexibility index (Phi) is 4.65. The molecule has 1 aromatic rings. The molecule has 166 valence electrons. The van der Waals surface area contributed by atoms with Gasteiger partial charge < -0.3 is 36.8 Å². The van der Waals surface area contributed by atoms with Gasteiger partial charge in [0.25, 0.3) is 0 Å². The number of nitrogen functional groups attached to an aromatic ring is 1. The summed E-state index contributed by atoms with van der Waals surface area (Å²) in [6.45, 7) is 0. The molecule has 10 nitrogen and oxygen atoms in total. The fourth-order valence-electron chi connectivity index (χ4n) is 5.60. The zero-order valence-corrected chi connectivity index (χ0v) is 17.1. The van der Waals surface area contributed by atoms with Crippen molar-refractivity contribution in [2.45, 2.75) is 30.6 Å². The third-order valence-corrected chi connectivity index (χ3v) is 6.99. The molecule has 2 saturated carbocycles. The lowest BCUT2D eigenvalue weighted by Gasteiger charge is -2.53. The van der Waals surface area contributed by atoms with Gasteiger partial charge in [-0.25, -0.2) is 0 Å². The molecule has 10 heteroatoms. The van der Waals surface area contributed by atoms with Crippen molar-refractivity contribution in [2.24, 2.45) is 23.5 Å². The minimum atomic E-state index is -2.65. The van der Waals surface area contributed by atoms with Crippen LogP contribution in [-0.2, 0) is 20.8 Å². The molecule has 8 N–H and O–H groups in total. The highest BCUT2D eigenvalue weighted by atomic mass is 16.3. The molecule has 2 fully saturated rings. The van der Waals surface area contributed by atoms with E-state index in [1.165, 1.54) is 6.07 Å². The minimum absolute atomic E-state index is 0.00234. The number of carbonyl (C=O) groups is 3. The molecule has 0 aromatic heterocycles. The van der Waals surface area contributed by atoms with Gasteiger partial charge in [-0.05, 0) is 44.5 Å². The van der Waals surface area contributed by atoms with E-state index in [0.717, 1.165) is 0 Å². The largest absolute Gasteiger partial charge is 0.507 e. The Morgan fingerprint density at radius 3 is 2.45 bits per heavy atom. The summed E-state index contributed by atoms with van der Waals surface area (Å²) in [5.74, 6) is -7.70. The summed E-state index contributed by atoms with van der Waals surface area (Å²) < 4.78 is 0. The number of aliphatic hydroxyl groups excluding tert-OH is 2. The molecule has 1 aromatic carbocycles. The first-order chi connectivity index (χ1) is 14.4. The number of aromatic hydroxyl groups is 1. The van der Waals surface area contributed by atoms with E-state index in [-0.39, 0.29) is 29.7 Å². The highest BCUT2D eigenvalue weighted by molar-refractivity contribution is 6.25. The highest BCUT2D eigenvalue weighted by Crippen LogP contribution is 2.52. The maximum atomic E-state index is 13.5. The van der Waals surface area contributed by atoms with Crippen LogP contribution in [0.5, 0.6) is 5.75 Å². The number of hydrogen-bond donors (Lipinski definition) is 6. The summed E-state index contributed by atoms with van der Waals surface area (Å²) in [6.07, 6.45) is -1.16. The van der Waals surface area contributed by atoms with Gasteiger partial charge in [-0.2, -0.15) is 0 Å². The van der Waals surface area contributed by atoms with Crippen molar-refractivity contribution in [1.82, 2.24) is 4.90 Å². The Hall–Kier alpha value is -2.95. The van der Waals surface area contributed by atoms with Crippen LogP contribution >= 0.6 is 0 Å². The first-order valence-corrected chi connectivity index (χ1v) is 9.92. The standard InChI is InChI=1S/C21H25N3O7/c1-24(2)14-9-6-8-5-7-3-4-10(22)15(25)11(7)16(26)12(8)18(28)21(9,31)19(29)13(17(14)27)20(23)30/h3-4,8-9,13-14,17,25-27,31H,5-6,22H2,1-2H3,(H2,23,30)/t8-,9-,13?,14-,17?,21-/m1/s1. The van der Waals surface area contributed by atoms with Crippen molar-refractivity contribution in [3.05, 3.63) is 28.8 Å². The van der Waals surface area contributed by atoms with Gasteiger partial charge in [0.05, 0.1) is 17.4 Å². The first-order valence-electron chi connectivity index (χ1n) is 9.92. The molecule has 6 atom stereocenters. The normalized spacial score (nSPS) is 34.9. The lowest BCUT2D eigenvalue weighted by molar-refractivity contribution is -0.184. The van der Waals surface area contributed by atoms with Crippen LogP contribution in [0.2, 0.25) is 0 Å². The van der Waals surface area contributed by atoms with Gasteiger partial charge in [-0.15, -0.1) is 0 Å². The number of nitrogens with zero attached hydrogens (tertiary/aromatic N) is 1. The molecule has 0 aliphatic heterocycles. The Balaban J connectivity index is 1.93. The Morgan fingerprint density at radius 2 is 1.87 bits per heavy atom. The zero-order chi connectivity index (χ0) is 23.0. The molecule has 2 unspecified atom stereocenters. The van der Waals surface area contributed by atoms with E-state index in [1.807, 2.05) is 0 Å². The van der Waals surface area contributed by atoms with E-state index in [2.05, 4.69) is 0 Å². The lowest BCUT2D eigenvalue weighted by Crippen LogP contribution is -2.73. The third-order valence-electron chi connectivity index (χ3n) is 6.99. The Labute approximate surface area is 177 Å². The first kappa shape index (κ1) is 21.3. The average Bonchev–Trinajstić information content (AvgIpc) is 2.67. The number of likely N-dealkylation sites (N-methyl/N-ethyl adjacent to an activating group) is 1. The molecule has 1 amide bonds. The van der Waals surface area contributed by atoms with Crippen molar-refractivity contribution >= 4 is 28.9 Å². The highest BCUT2D eigenvalue weighted by Gasteiger charge is 2.67. The van der Waals surface area contributed by atoms with Crippen molar-refractivity contribution in [1.29, 1.82) is 0 Å². The molecule has 31 heavy (non-hydrogen) atoms. The Bertz CT molecular complexity index is 1050. The van der Waals surface area contributed by atoms with Gasteiger partial charge >= 0.3 is 0 Å². The van der Waals surface area contributed by atoms with Crippen LogP contribution in [0, 0.1) is 17.8 Å². The van der Waals surface area contributed by atoms with E-state index in [0.29, 0.717) is 5.56 Å². The number of Topliss-reactive ketones (excluding diaryl/α,β-unsaturated/α-hetero) is 2. The summed E-state index contributed by atoms with van der Waals surface area (Å²) in [6, 6.07) is 2.21. The maximum absolute atomic E-state index is 13.5. The van der Waals surface area contributed by atoms with Gasteiger partial charge in [-0.3, -0.25) is 14.4 Å². The lowest BCUT2D eigenvalue weighted by atomic mass is 9.54. The topological polar surface area (TPSA) is 187 Å². The summed E-state index contributed by atoms with van der Waals surface area (Å²) in [4.78, 5) is 40.2. The van der Waals surface area contributed by atoms with Crippen LogP contribution in [0.1, 0.15) is 17.5 Å². The van der Waals surface area contributed by atoms with Crippen LogP contribution in [0.3, 0.4) is 0 Å². The van der Waals surface area contributed by atoms with Crippen LogP contribution in [0.15, 0.2) is 17.7 Å². The van der Waals surface area contributed by atoms with Crippen molar-refractivity contribution in [2.75, 3.05) is 19.8 Å². The molecule has 4 rings (SSSR count). The molecular formula is C21H25N3O7. The van der Waals surface area contributed by atoms with Gasteiger partial charge in [0.15, 0.2) is 11.4 Å². The Morgan fingerprint density at radius 1 is 1.23 bits per heavy atom. The fraction of sp³-hybridized carbons (Fsp3) is 0.476. The second-order valence-electron chi connectivity index (χ2n) is 8.83. The van der Waals surface area contributed by atoms with E-state index in [9.17, 15) is 34.8 Å². The van der Waals surface area contributed by atoms with E-state index in [1.54, 1.807) is 25.1 Å². The number of anilines is 1. The third kappa shape index (κ3) is 2.65. The number of phenols is 1. The number of hydrogen-bond acceptors (Lipinski definition) is 9. The molecule has 0 spiro atoms. The number of aliphatic hydroxyl groups is 3. The zero-order valence-electron chi connectivity index (χ0n) is 17.1. The number of amides is 1. The summed E-state index contributed by atoms with van der Waals surface area (Å²) in [7, 11) is 3.21. The molecule has 0 saturated heterocycles. The van der Waals surface area contributed by atoms with Crippen molar-refractivity contribution in [3.8, 4) is 5.75 Å². The number of rotatable bonds is 2. The van der Waals surface area contributed by atoms with Gasteiger partial charge in [-0.1, -0.05) is 6.07 Å². The minimum Gasteiger partial charge on any atom is -0.507 e. The quantitative estimate of drug-likeness (QED) is 0.188. The van der Waals surface area contributed by atoms with E-state index < -0.39 is 64.5 Å². The molecule has 0 radical (unpaired) electrons. The van der Waals surface area contributed by atoms with Gasteiger partial charge in [0, 0.05) is 17.5 Å². The molecule has 0 bridgehead atoms. The number of primary amides is 1. The summed E-state index contributed by atoms with van der Waals surface area (Å²) in [5, 5.41) is 43.4. The predicted octanol–water partition coefficient (Wildman–Crippen LogP) is -1.29. The number of phenolic OH excluding ortho intramolecular Hbond substituents is 1. The SMILES string of the molecule is CN(C)[C@H]1C(O)C(C(N)=O)C(=O)[C@]2(O)C(=O)C3=C(O)c4c(ccc(N)c4O)C[C@@H]3C[C@H]12. The molecule has 3 aliphatic carbocycles. The fourth-order valence-corrected chi connectivity index (χ4v) is 5.60. The summed E-state index contributed by atoms with van der Waals surface area (Å²) >= 11 is 0. The van der Waals surface area contributed by atoms with Crippen LogP contribution in [0.25, 0.3) is 5.76 Å². The average molecular weight is 431 g/mol. The second kappa shape index (κ2) is 6.78. The maximum Gasteiger partial charge on any atom is 0.230 e. The van der Waals surface area contributed by atoms with Crippen LogP contribution in [-0.4, -0.2) is 74.6 Å². The monoisotopic (exact) mass is 431 g/mol. The smallest absolute Gasteiger partial charge is 0.230 e. The van der Waals surface area contributed by atoms with Crippen LogP contribution < -0.4 is 11.5 Å². The number of ketones is 2. The molecule has 3 aliphatic rings. The second-order valence-corrected chi connectivity index (χ2v) is 8.83. The molecule has 0 heterocycles. The van der Waals surface area contributed by atoms with Crippen molar-refractivity contribution < 1.29 is 34.8 Å². The van der Waals surface area contributed by atoms with Gasteiger partial charge in [0.1, 0.15) is 17.4 Å². The van der Waals surface area contributed by atoms with E-state index in [4.69, 9.17) is 11.5 Å². The van der Waals surface area contributed by atoms with Crippen molar-refractivity contribution in [3.63, 3.8) is 0 Å². The van der Waals surface area contributed by atoms with Crippen LogP contribution in [0.4, 0.5) is 5.69 Å². The number of carbonyl (C=O) groups excluding carboxylic acids is 3. The van der Waals surface area contributed by atoms with Gasteiger partial charge in [0.2, 0.25) is 11.7 Å².